The van der Waals surface area contributed by atoms with E-state index in [1.165, 1.54) is 17.4 Å². The van der Waals surface area contributed by atoms with Crippen LogP contribution in [0.15, 0.2) is 22.6 Å². The maximum absolute atomic E-state index is 11.7. The summed E-state index contributed by atoms with van der Waals surface area (Å²) in [6.07, 6.45) is 5.00. The van der Waals surface area contributed by atoms with Crippen molar-refractivity contribution in [1.82, 2.24) is 9.62 Å². The topological polar surface area (TPSA) is 88.9 Å². The molecule has 1 aromatic rings. The van der Waals surface area contributed by atoms with Gasteiger partial charge in [-0.15, -0.1) is 0 Å². The summed E-state index contributed by atoms with van der Waals surface area (Å²) in [5.74, 6) is 0.782. The van der Waals surface area contributed by atoms with Gasteiger partial charge in [-0.2, -0.15) is 4.31 Å². The Morgan fingerprint density at radius 3 is 2.75 bits per heavy atom. The van der Waals surface area contributed by atoms with E-state index in [0.717, 1.165) is 12.7 Å². The molecule has 1 amide bonds. The minimum Gasteiger partial charge on any atom is -0.460 e. The van der Waals surface area contributed by atoms with Gasteiger partial charge in [-0.3, -0.25) is 4.79 Å². The van der Waals surface area contributed by atoms with Crippen molar-refractivity contribution in [3.05, 3.63) is 29.7 Å². The molecule has 7 nitrogen and oxygen atoms in total. The van der Waals surface area contributed by atoms with Crippen LogP contribution in [0.1, 0.15) is 31.8 Å². The van der Waals surface area contributed by atoms with E-state index < -0.39 is 10.0 Å². The molecule has 0 unspecified atom stereocenters. The van der Waals surface area contributed by atoms with Crippen molar-refractivity contribution in [2.75, 3.05) is 26.5 Å². The Labute approximate surface area is 143 Å². The van der Waals surface area contributed by atoms with Gasteiger partial charge in [-0.05, 0) is 38.5 Å². The molecule has 1 rings (SSSR count). The summed E-state index contributed by atoms with van der Waals surface area (Å²) in [6, 6.07) is 3.37. The minimum atomic E-state index is -3.26. The normalized spacial score (nSPS) is 12.4. The van der Waals surface area contributed by atoms with Crippen LogP contribution in [-0.4, -0.2) is 51.2 Å². The highest BCUT2D eigenvalue weighted by Gasteiger charge is 2.13. The lowest BCUT2D eigenvalue weighted by molar-refractivity contribution is -0.116. The van der Waals surface area contributed by atoms with Crippen molar-refractivity contribution in [2.45, 2.75) is 32.9 Å². The predicted octanol–water partition coefficient (Wildman–Crippen LogP) is 1.62. The number of hydrogen-bond donors (Lipinski definition) is 1. The van der Waals surface area contributed by atoms with Crippen LogP contribution in [0.4, 0.5) is 0 Å². The second-order valence-electron chi connectivity index (χ2n) is 5.72. The van der Waals surface area contributed by atoms with Gasteiger partial charge in [0.05, 0.1) is 18.9 Å². The van der Waals surface area contributed by atoms with Gasteiger partial charge in [-0.1, -0.05) is 0 Å². The first-order valence-corrected chi connectivity index (χ1v) is 9.61. The van der Waals surface area contributed by atoms with Crippen LogP contribution in [-0.2, 0) is 26.1 Å². The molecule has 1 heterocycles. The zero-order valence-electron chi connectivity index (χ0n) is 14.6. The molecule has 0 aromatic carbocycles. The largest absolute Gasteiger partial charge is 0.460 e. The van der Waals surface area contributed by atoms with E-state index in [0.29, 0.717) is 24.7 Å². The Hall–Kier alpha value is -1.64. The Morgan fingerprint density at radius 1 is 1.42 bits per heavy atom. The van der Waals surface area contributed by atoms with Crippen LogP contribution in [0.2, 0.25) is 0 Å². The lowest BCUT2D eigenvalue weighted by Gasteiger charge is -2.11. The third kappa shape index (κ3) is 8.28. The van der Waals surface area contributed by atoms with Crippen molar-refractivity contribution >= 4 is 22.0 Å². The first-order valence-electron chi connectivity index (χ1n) is 7.76. The standard InChI is InChI=1S/C16H26N2O5S/c1-13(2)22-11-5-10-17-16(19)9-8-14-6-7-15(23-14)12-18(3)24(4,20)21/h6-9,13H,5,10-12H2,1-4H3,(H,17,19)/b9-8+. The Morgan fingerprint density at radius 2 is 2.12 bits per heavy atom. The number of furan rings is 1. The number of hydrogen-bond acceptors (Lipinski definition) is 5. The molecule has 24 heavy (non-hydrogen) atoms. The Balaban J connectivity index is 2.38. The lowest BCUT2D eigenvalue weighted by Crippen LogP contribution is -2.24. The number of amides is 1. The molecule has 0 saturated carbocycles. The molecule has 0 bridgehead atoms. The average Bonchev–Trinajstić information content (AvgIpc) is 2.91. The molecule has 0 aliphatic rings. The van der Waals surface area contributed by atoms with Crippen molar-refractivity contribution in [2.24, 2.45) is 0 Å². The smallest absolute Gasteiger partial charge is 0.244 e. The van der Waals surface area contributed by atoms with E-state index >= 15 is 0 Å². The first kappa shape index (κ1) is 20.4. The van der Waals surface area contributed by atoms with E-state index in [9.17, 15) is 13.2 Å². The van der Waals surface area contributed by atoms with Gasteiger partial charge in [0.1, 0.15) is 11.5 Å². The van der Waals surface area contributed by atoms with E-state index in [4.69, 9.17) is 9.15 Å². The summed E-state index contributed by atoms with van der Waals surface area (Å²) in [4.78, 5) is 11.7. The molecule has 1 N–H and O–H groups in total. The monoisotopic (exact) mass is 358 g/mol. The van der Waals surface area contributed by atoms with Crippen LogP contribution < -0.4 is 5.32 Å². The second-order valence-corrected chi connectivity index (χ2v) is 7.81. The Kier molecular flexibility index (Phi) is 8.17. The van der Waals surface area contributed by atoms with Crippen molar-refractivity contribution < 1.29 is 22.4 Å². The van der Waals surface area contributed by atoms with Gasteiger partial charge >= 0.3 is 0 Å². The van der Waals surface area contributed by atoms with Crippen LogP contribution in [0, 0.1) is 0 Å². The summed E-state index contributed by atoms with van der Waals surface area (Å²) in [5, 5.41) is 2.75. The molecule has 0 spiro atoms. The van der Waals surface area contributed by atoms with E-state index in [2.05, 4.69) is 5.32 Å². The summed E-state index contributed by atoms with van der Waals surface area (Å²) >= 11 is 0. The zero-order valence-corrected chi connectivity index (χ0v) is 15.4. The Bertz CT molecular complexity index is 649. The highest BCUT2D eigenvalue weighted by atomic mass is 32.2. The average molecular weight is 358 g/mol. The second kappa shape index (κ2) is 9.61. The summed E-state index contributed by atoms with van der Waals surface area (Å²) in [5.41, 5.74) is 0. The zero-order chi connectivity index (χ0) is 18.2. The lowest BCUT2D eigenvalue weighted by atomic mass is 10.3. The molecule has 8 heteroatoms. The number of carbonyl (C=O) groups excluding carboxylic acids is 1. The fourth-order valence-corrected chi connectivity index (χ4v) is 2.09. The van der Waals surface area contributed by atoms with Gasteiger partial charge in [0.25, 0.3) is 0 Å². The number of sulfonamides is 1. The molecule has 1 aromatic heterocycles. The minimum absolute atomic E-state index is 0.148. The van der Waals surface area contributed by atoms with Crippen molar-refractivity contribution in [1.29, 1.82) is 0 Å². The molecule has 0 aliphatic carbocycles. The SMILES string of the molecule is CC(C)OCCCNC(=O)/C=C/c1ccc(CN(C)S(C)(=O)=O)o1. The fraction of sp³-hybridized carbons (Fsp3) is 0.562. The number of nitrogens with one attached hydrogen (secondary N) is 1. The molecular weight excluding hydrogens is 332 g/mol. The highest BCUT2D eigenvalue weighted by molar-refractivity contribution is 7.88. The van der Waals surface area contributed by atoms with E-state index in [1.807, 2.05) is 13.8 Å². The molecular formula is C16H26N2O5S. The van der Waals surface area contributed by atoms with Crippen LogP contribution in [0.3, 0.4) is 0 Å². The maximum atomic E-state index is 11.7. The third-order valence-corrected chi connectivity index (χ3v) is 4.36. The number of rotatable bonds is 10. The fourth-order valence-electron chi connectivity index (χ4n) is 1.73. The van der Waals surface area contributed by atoms with Gasteiger partial charge < -0.3 is 14.5 Å². The van der Waals surface area contributed by atoms with Crippen molar-refractivity contribution in [3.63, 3.8) is 0 Å². The van der Waals surface area contributed by atoms with Crippen LogP contribution in [0.5, 0.6) is 0 Å². The summed E-state index contributed by atoms with van der Waals surface area (Å²) in [7, 11) is -1.78. The predicted molar refractivity (Wildman–Crippen MR) is 92.8 cm³/mol. The van der Waals surface area contributed by atoms with Crippen molar-refractivity contribution in [3.8, 4) is 0 Å². The quantitative estimate of drug-likeness (QED) is 0.507. The third-order valence-electron chi connectivity index (χ3n) is 3.10. The van der Waals surface area contributed by atoms with Crippen LogP contribution >= 0.6 is 0 Å². The molecule has 0 radical (unpaired) electrons. The molecule has 0 fully saturated rings. The van der Waals surface area contributed by atoms with E-state index in [-0.39, 0.29) is 18.6 Å². The number of ether oxygens (including phenoxy) is 1. The van der Waals surface area contributed by atoms with Gasteiger partial charge in [0.2, 0.25) is 15.9 Å². The number of carbonyl (C=O) groups is 1. The summed E-state index contributed by atoms with van der Waals surface area (Å²) < 4.78 is 34.7. The van der Waals surface area contributed by atoms with Crippen LogP contribution in [0.25, 0.3) is 6.08 Å². The molecule has 0 saturated heterocycles. The highest BCUT2D eigenvalue weighted by Crippen LogP contribution is 2.12. The van der Waals surface area contributed by atoms with Gasteiger partial charge in [-0.25, -0.2) is 8.42 Å². The molecule has 0 aliphatic heterocycles. The molecule has 136 valence electrons. The van der Waals surface area contributed by atoms with Gasteiger partial charge in [0, 0.05) is 26.3 Å². The summed E-state index contributed by atoms with van der Waals surface area (Å²) in [6.45, 7) is 5.23. The van der Waals surface area contributed by atoms with E-state index in [1.54, 1.807) is 18.2 Å². The maximum Gasteiger partial charge on any atom is 0.244 e. The van der Waals surface area contributed by atoms with Gasteiger partial charge in [0.15, 0.2) is 0 Å². The molecule has 0 atom stereocenters. The first-order chi connectivity index (χ1) is 11.2. The number of nitrogens with zero attached hydrogens (tertiary/aromatic N) is 1.